The van der Waals surface area contributed by atoms with Crippen LogP contribution in [0, 0.1) is 0 Å². The van der Waals surface area contributed by atoms with Crippen LogP contribution in [0.25, 0.3) is 11.0 Å². The molecular weight excluding hydrogens is 254 g/mol. The fourth-order valence-electron chi connectivity index (χ4n) is 1.69. The number of H-pyrrole nitrogens is 1. The molecule has 0 radical (unpaired) electrons. The van der Waals surface area contributed by atoms with Crippen LogP contribution < -0.4 is 11.1 Å². The van der Waals surface area contributed by atoms with Crippen molar-refractivity contribution in [2.45, 2.75) is 12.3 Å². The lowest BCUT2D eigenvalue weighted by Crippen LogP contribution is -2.42. The first-order valence-corrected chi connectivity index (χ1v) is 5.77. The third kappa shape index (κ3) is 3.25. The van der Waals surface area contributed by atoms with Crippen LogP contribution in [-0.4, -0.2) is 34.9 Å². The van der Waals surface area contributed by atoms with Crippen molar-refractivity contribution < 1.29 is 13.6 Å². The Kier molecular flexibility index (Phi) is 3.75. The van der Waals surface area contributed by atoms with Gasteiger partial charge in [-0.15, -0.1) is 0 Å². The minimum atomic E-state index is -3.07. The summed E-state index contributed by atoms with van der Waals surface area (Å²) >= 11 is 0. The number of alkyl halides is 2. The number of carbonyl (C=O) groups excluding carboxylic acids is 1. The van der Waals surface area contributed by atoms with Gasteiger partial charge in [0, 0.05) is 17.8 Å². The number of nitrogens with two attached hydrogens (primary N) is 1. The van der Waals surface area contributed by atoms with Gasteiger partial charge in [0.25, 0.3) is 5.92 Å². The highest BCUT2D eigenvalue weighted by atomic mass is 19.3. The lowest BCUT2D eigenvalue weighted by molar-refractivity contribution is -0.122. The summed E-state index contributed by atoms with van der Waals surface area (Å²) in [5.41, 5.74) is 6.27. The van der Waals surface area contributed by atoms with Gasteiger partial charge in [0.05, 0.1) is 19.5 Å². The van der Waals surface area contributed by atoms with Gasteiger partial charge in [-0.25, -0.2) is 13.8 Å². The van der Waals surface area contributed by atoms with E-state index in [1.165, 1.54) is 0 Å². The van der Waals surface area contributed by atoms with E-state index >= 15 is 0 Å². The molecule has 4 N–H and O–H groups in total. The highest BCUT2D eigenvalue weighted by molar-refractivity contribution is 5.87. The van der Waals surface area contributed by atoms with E-state index in [2.05, 4.69) is 15.3 Å². The number of carbonyl (C=O) groups is 1. The van der Waals surface area contributed by atoms with Crippen molar-refractivity contribution in [2.24, 2.45) is 5.73 Å². The van der Waals surface area contributed by atoms with Gasteiger partial charge in [-0.3, -0.25) is 4.79 Å². The quantitative estimate of drug-likeness (QED) is 0.750. The average molecular weight is 268 g/mol. The van der Waals surface area contributed by atoms with Gasteiger partial charge in [0.1, 0.15) is 5.65 Å². The Balaban J connectivity index is 1.99. The molecule has 2 aromatic heterocycles. The van der Waals surface area contributed by atoms with Crippen LogP contribution in [0.2, 0.25) is 0 Å². The van der Waals surface area contributed by atoms with Gasteiger partial charge in [-0.2, -0.15) is 0 Å². The van der Waals surface area contributed by atoms with E-state index in [1.54, 1.807) is 18.5 Å². The Morgan fingerprint density at radius 3 is 3.05 bits per heavy atom. The first-order chi connectivity index (χ1) is 9.02. The Morgan fingerprint density at radius 2 is 2.32 bits per heavy atom. The minimum absolute atomic E-state index is 0.0202. The molecule has 2 heterocycles. The number of fused-ring (bicyclic) bond motifs is 1. The zero-order chi connectivity index (χ0) is 13.9. The van der Waals surface area contributed by atoms with Crippen molar-refractivity contribution in [2.75, 3.05) is 13.1 Å². The van der Waals surface area contributed by atoms with Crippen LogP contribution in [0.3, 0.4) is 0 Å². The van der Waals surface area contributed by atoms with Crippen molar-refractivity contribution in [3.05, 3.63) is 30.1 Å². The van der Waals surface area contributed by atoms with E-state index in [4.69, 9.17) is 5.73 Å². The topological polar surface area (TPSA) is 83.8 Å². The van der Waals surface area contributed by atoms with Crippen molar-refractivity contribution in [1.82, 2.24) is 15.3 Å². The van der Waals surface area contributed by atoms with Crippen molar-refractivity contribution in [1.29, 1.82) is 0 Å². The molecule has 0 bridgehead atoms. The number of nitrogens with one attached hydrogen (secondary N) is 2. The van der Waals surface area contributed by atoms with Gasteiger partial charge in [0.2, 0.25) is 5.91 Å². The van der Waals surface area contributed by atoms with Crippen molar-refractivity contribution in [3.63, 3.8) is 0 Å². The maximum absolute atomic E-state index is 12.9. The van der Waals surface area contributed by atoms with Crippen LogP contribution in [0.1, 0.15) is 5.56 Å². The summed E-state index contributed by atoms with van der Waals surface area (Å²) in [7, 11) is 0. The van der Waals surface area contributed by atoms with E-state index in [1.807, 2.05) is 6.07 Å². The Morgan fingerprint density at radius 1 is 1.53 bits per heavy atom. The summed E-state index contributed by atoms with van der Waals surface area (Å²) in [6, 6.07) is 3.57. The van der Waals surface area contributed by atoms with Crippen molar-refractivity contribution >= 4 is 16.9 Å². The Bertz CT molecular complexity index is 582. The van der Waals surface area contributed by atoms with Crippen LogP contribution in [0.5, 0.6) is 0 Å². The van der Waals surface area contributed by atoms with Gasteiger partial charge in [-0.1, -0.05) is 0 Å². The minimum Gasteiger partial charge on any atom is -0.350 e. The van der Waals surface area contributed by atoms with Crippen molar-refractivity contribution in [3.8, 4) is 0 Å². The number of halogens is 2. The fraction of sp³-hybridized carbons (Fsp3) is 0.333. The molecule has 0 spiro atoms. The molecule has 7 heteroatoms. The number of aromatic nitrogens is 2. The van der Waals surface area contributed by atoms with E-state index in [9.17, 15) is 13.6 Å². The molecule has 0 aliphatic rings. The fourth-order valence-corrected chi connectivity index (χ4v) is 1.69. The predicted molar refractivity (Wildman–Crippen MR) is 66.8 cm³/mol. The zero-order valence-corrected chi connectivity index (χ0v) is 10.1. The lowest BCUT2D eigenvalue weighted by atomic mass is 10.1. The molecule has 5 nitrogen and oxygen atoms in total. The molecule has 1 amide bonds. The summed E-state index contributed by atoms with van der Waals surface area (Å²) in [6.07, 6.45) is 3.30. The molecule has 0 aliphatic heterocycles. The van der Waals surface area contributed by atoms with Gasteiger partial charge < -0.3 is 16.0 Å². The molecular formula is C12H14F2N4O. The summed E-state index contributed by atoms with van der Waals surface area (Å²) in [6.45, 7) is -1.53. The lowest BCUT2D eigenvalue weighted by Gasteiger charge is -2.14. The highest BCUT2D eigenvalue weighted by Gasteiger charge is 2.27. The molecule has 0 aromatic carbocycles. The third-order valence-electron chi connectivity index (χ3n) is 2.73. The summed E-state index contributed by atoms with van der Waals surface area (Å²) in [4.78, 5) is 18.6. The molecule has 0 atom stereocenters. The number of pyridine rings is 1. The number of amides is 1. The van der Waals surface area contributed by atoms with Crippen LogP contribution in [0.4, 0.5) is 8.78 Å². The molecule has 0 saturated carbocycles. The summed E-state index contributed by atoms with van der Waals surface area (Å²) in [5, 5.41) is 2.98. The first kappa shape index (κ1) is 13.4. The van der Waals surface area contributed by atoms with Gasteiger partial charge >= 0.3 is 0 Å². The Labute approximate surface area is 108 Å². The molecule has 2 aromatic rings. The second-order valence-electron chi connectivity index (χ2n) is 4.23. The van der Waals surface area contributed by atoms with E-state index in [0.29, 0.717) is 5.65 Å². The molecule has 102 valence electrons. The van der Waals surface area contributed by atoms with Crippen LogP contribution >= 0.6 is 0 Å². The second kappa shape index (κ2) is 5.31. The molecule has 19 heavy (non-hydrogen) atoms. The predicted octanol–water partition coefficient (Wildman–Crippen LogP) is 0.816. The number of aromatic amines is 1. The van der Waals surface area contributed by atoms with Crippen LogP contribution in [-0.2, 0) is 11.2 Å². The largest absolute Gasteiger partial charge is 0.350 e. The number of hydrogen-bond donors (Lipinski definition) is 3. The maximum Gasteiger partial charge on any atom is 0.277 e. The SMILES string of the molecule is NCC(F)(F)CNC(=O)Cc1c[nH]c2ncccc12. The average Bonchev–Trinajstić information content (AvgIpc) is 2.80. The Hall–Kier alpha value is -2.02. The third-order valence-corrected chi connectivity index (χ3v) is 2.73. The summed E-state index contributed by atoms with van der Waals surface area (Å²) in [5.74, 6) is -3.55. The molecule has 0 saturated heterocycles. The maximum atomic E-state index is 12.9. The van der Waals surface area contributed by atoms with E-state index in [-0.39, 0.29) is 6.42 Å². The van der Waals surface area contributed by atoms with Crippen LogP contribution in [0.15, 0.2) is 24.5 Å². The number of nitrogens with zero attached hydrogens (tertiary/aromatic N) is 1. The standard InChI is InChI=1S/C12H14F2N4O/c13-12(14,6-15)7-18-10(19)4-8-5-17-11-9(8)2-1-3-16-11/h1-3,5H,4,6-7,15H2,(H,16,17)(H,18,19). The van der Waals surface area contributed by atoms with E-state index < -0.39 is 24.9 Å². The normalized spacial score (nSPS) is 11.7. The second-order valence-corrected chi connectivity index (χ2v) is 4.23. The molecule has 0 fully saturated rings. The van der Waals surface area contributed by atoms with Gasteiger partial charge in [0.15, 0.2) is 0 Å². The monoisotopic (exact) mass is 268 g/mol. The number of hydrogen-bond acceptors (Lipinski definition) is 3. The summed E-state index contributed by atoms with van der Waals surface area (Å²) < 4.78 is 25.8. The smallest absolute Gasteiger partial charge is 0.277 e. The first-order valence-electron chi connectivity index (χ1n) is 5.77. The molecule has 0 unspecified atom stereocenters. The molecule has 0 aliphatic carbocycles. The number of rotatable bonds is 5. The zero-order valence-electron chi connectivity index (χ0n) is 10.1. The van der Waals surface area contributed by atoms with E-state index in [0.717, 1.165) is 10.9 Å². The highest BCUT2D eigenvalue weighted by Crippen LogP contribution is 2.16. The molecule has 2 rings (SSSR count). The van der Waals surface area contributed by atoms with Gasteiger partial charge in [-0.05, 0) is 17.7 Å².